The van der Waals surface area contributed by atoms with Gasteiger partial charge >= 0.3 is 5.97 Å². The van der Waals surface area contributed by atoms with Gasteiger partial charge in [-0.1, -0.05) is 0 Å². The Morgan fingerprint density at radius 2 is 2.55 bits per heavy atom. The van der Waals surface area contributed by atoms with Crippen molar-refractivity contribution < 1.29 is 14.3 Å². The molecule has 1 unspecified atom stereocenters. The molecule has 3 nitrogen and oxygen atoms in total. The Balaban J connectivity index is 2.19. The molecule has 0 saturated carbocycles. The predicted molar refractivity (Wildman–Crippen MR) is 40.2 cm³/mol. The second-order valence-corrected chi connectivity index (χ2v) is 2.86. The van der Waals surface area contributed by atoms with Crippen molar-refractivity contribution in [2.24, 2.45) is 5.92 Å². The fourth-order valence-electron chi connectivity index (χ4n) is 1.29. The summed E-state index contributed by atoms with van der Waals surface area (Å²) in [5.74, 6) is 0.261. The summed E-state index contributed by atoms with van der Waals surface area (Å²) in [5, 5.41) is 0. The molecule has 1 heterocycles. The minimum Gasteiger partial charge on any atom is -0.469 e. The molecule has 11 heavy (non-hydrogen) atoms. The molecule has 0 aromatic rings. The van der Waals surface area contributed by atoms with E-state index in [-0.39, 0.29) is 5.97 Å². The van der Waals surface area contributed by atoms with E-state index >= 15 is 0 Å². The van der Waals surface area contributed by atoms with Crippen LogP contribution in [0.5, 0.6) is 0 Å². The van der Waals surface area contributed by atoms with Gasteiger partial charge in [-0.2, -0.15) is 0 Å². The fourth-order valence-corrected chi connectivity index (χ4v) is 1.29. The maximum absolute atomic E-state index is 10.8. The Bertz CT molecular complexity index is 127. The van der Waals surface area contributed by atoms with Gasteiger partial charge in [0.15, 0.2) is 0 Å². The maximum atomic E-state index is 10.8. The number of hydrogen-bond acceptors (Lipinski definition) is 3. The van der Waals surface area contributed by atoms with Crippen LogP contribution in [0.15, 0.2) is 0 Å². The normalized spacial score (nSPS) is 24.6. The number of rotatable bonds is 2. The van der Waals surface area contributed by atoms with Crippen LogP contribution < -0.4 is 0 Å². The monoisotopic (exact) mass is 158 g/mol. The van der Waals surface area contributed by atoms with E-state index in [1.807, 2.05) is 0 Å². The summed E-state index contributed by atoms with van der Waals surface area (Å²) in [6.45, 7) is 1.56. The minimum atomic E-state index is -0.125. The highest BCUT2D eigenvalue weighted by Gasteiger charge is 2.17. The molecule has 1 aliphatic rings. The van der Waals surface area contributed by atoms with Crippen LogP contribution in [0.4, 0.5) is 0 Å². The Labute approximate surface area is 66.7 Å². The molecule has 1 fully saturated rings. The molecule has 64 valence electrons. The van der Waals surface area contributed by atoms with Crippen LogP contribution in [0.1, 0.15) is 19.3 Å². The lowest BCUT2D eigenvalue weighted by molar-refractivity contribution is -0.142. The first kappa shape index (κ1) is 8.53. The van der Waals surface area contributed by atoms with Gasteiger partial charge in [-0.3, -0.25) is 4.79 Å². The molecule has 1 aliphatic heterocycles. The number of hydrogen-bond donors (Lipinski definition) is 0. The largest absolute Gasteiger partial charge is 0.469 e. The van der Waals surface area contributed by atoms with Gasteiger partial charge in [-0.05, 0) is 18.8 Å². The van der Waals surface area contributed by atoms with Crippen LogP contribution in [0.3, 0.4) is 0 Å². The summed E-state index contributed by atoms with van der Waals surface area (Å²) in [7, 11) is 1.42. The second-order valence-electron chi connectivity index (χ2n) is 2.86. The van der Waals surface area contributed by atoms with Crippen molar-refractivity contribution in [3.05, 3.63) is 0 Å². The van der Waals surface area contributed by atoms with Crippen molar-refractivity contribution in [2.75, 3.05) is 20.3 Å². The fraction of sp³-hybridized carbons (Fsp3) is 0.875. The number of carbonyl (C=O) groups excluding carboxylic acids is 1. The SMILES string of the molecule is COC(=O)CC1CCCOC1. The highest BCUT2D eigenvalue weighted by Crippen LogP contribution is 2.17. The lowest BCUT2D eigenvalue weighted by Crippen LogP contribution is -2.20. The van der Waals surface area contributed by atoms with Crippen LogP contribution in [0.2, 0.25) is 0 Å². The zero-order valence-corrected chi connectivity index (χ0v) is 6.84. The second kappa shape index (κ2) is 4.34. The van der Waals surface area contributed by atoms with E-state index in [1.54, 1.807) is 0 Å². The molecule has 1 atom stereocenters. The van der Waals surface area contributed by atoms with Crippen molar-refractivity contribution in [3.63, 3.8) is 0 Å². The van der Waals surface area contributed by atoms with Gasteiger partial charge in [0, 0.05) is 13.2 Å². The average Bonchev–Trinajstić information content (AvgIpc) is 2.06. The van der Waals surface area contributed by atoms with E-state index in [0.717, 1.165) is 26.1 Å². The first-order valence-electron chi connectivity index (χ1n) is 3.97. The Morgan fingerprint density at radius 3 is 3.09 bits per heavy atom. The van der Waals surface area contributed by atoms with Gasteiger partial charge in [0.25, 0.3) is 0 Å². The Hall–Kier alpha value is -0.570. The van der Waals surface area contributed by atoms with Crippen LogP contribution >= 0.6 is 0 Å². The minimum absolute atomic E-state index is 0.125. The molecular formula is C8H14O3. The van der Waals surface area contributed by atoms with Crippen molar-refractivity contribution in [1.82, 2.24) is 0 Å². The standard InChI is InChI=1S/C8H14O3/c1-10-8(9)5-7-3-2-4-11-6-7/h7H,2-6H2,1H3. The summed E-state index contributed by atoms with van der Waals surface area (Å²) in [6.07, 6.45) is 2.67. The number of esters is 1. The van der Waals surface area contributed by atoms with E-state index in [9.17, 15) is 4.79 Å². The van der Waals surface area contributed by atoms with E-state index in [2.05, 4.69) is 4.74 Å². The van der Waals surface area contributed by atoms with Gasteiger partial charge in [-0.25, -0.2) is 0 Å². The first-order chi connectivity index (χ1) is 5.33. The third kappa shape index (κ3) is 2.89. The molecule has 1 rings (SSSR count). The topological polar surface area (TPSA) is 35.5 Å². The maximum Gasteiger partial charge on any atom is 0.305 e. The van der Waals surface area contributed by atoms with E-state index < -0.39 is 0 Å². The number of ether oxygens (including phenoxy) is 2. The highest BCUT2D eigenvalue weighted by molar-refractivity contribution is 5.69. The zero-order valence-electron chi connectivity index (χ0n) is 6.84. The van der Waals surface area contributed by atoms with Crippen LogP contribution in [0.25, 0.3) is 0 Å². The molecule has 0 N–H and O–H groups in total. The lowest BCUT2D eigenvalue weighted by Gasteiger charge is -2.20. The van der Waals surface area contributed by atoms with E-state index in [0.29, 0.717) is 12.3 Å². The summed E-state index contributed by atoms with van der Waals surface area (Å²) < 4.78 is 9.78. The molecular weight excluding hydrogens is 144 g/mol. The van der Waals surface area contributed by atoms with Gasteiger partial charge in [0.2, 0.25) is 0 Å². The third-order valence-electron chi connectivity index (χ3n) is 1.94. The highest BCUT2D eigenvalue weighted by atomic mass is 16.5. The number of carbonyl (C=O) groups is 1. The van der Waals surface area contributed by atoms with Crippen molar-refractivity contribution >= 4 is 5.97 Å². The third-order valence-corrected chi connectivity index (χ3v) is 1.94. The van der Waals surface area contributed by atoms with E-state index in [4.69, 9.17) is 4.74 Å². The molecule has 1 saturated heterocycles. The Kier molecular flexibility index (Phi) is 3.36. The predicted octanol–water partition coefficient (Wildman–Crippen LogP) is 0.976. The molecule has 0 bridgehead atoms. The summed E-state index contributed by atoms with van der Waals surface area (Å²) in [5.41, 5.74) is 0. The molecule has 0 radical (unpaired) electrons. The molecule has 3 heteroatoms. The van der Waals surface area contributed by atoms with Crippen molar-refractivity contribution in [3.8, 4) is 0 Å². The van der Waals surface area contributed by atoms with Crippen LogP contribution in [-0.2, 0) is 14.3 Å². The summed E-state index contributed by atoms with van der Waals surface area (Å²) in [6, 6.07) is 0. The van der Waals surface area contributed by atoms with Crippen LogP contribution in [-0.4, -0.2) is 26.3 Å². The molecule has 0 aromatic carbocycles. The molecule has 0 aliphatic carbocycles. The molecule has 0 spiro atoms. The lowest BCUT2D eigenvalue weighted by atomic mass is 9.99. The van der Waals surface area contributed by atoms with Gasteiger partial charge in [0.05, 0.1) is 13.5 Å². The number of methoxy groups -OCH3 is 1. The first-order valence-corrected chi connectivity index (χ1v) is 3.97. The average molecular weight is 158 g/mol. The smallest absolute Gasteiger partial charge is 0.305 e. The van der Waals surface area contributed by atoms with Gasteiger partial charge in [-0.15, -0.1) is 0 Å². The molecule has 0 aromatic heterocycles. The van der Waals surface area contributed by atoms with Gasteiger partial charge in [0.1, 0.15) is 0 Å². The van der Waals surface area contributed by atoms with Crippen LogP contribution in [0, 0.1) is 5.92 Å². The van der Waals surface area contributed by atoms with Gasteiger partial charge < -0.3 is 9.47 Å². The summed E-state index contributed by atoms with van der Waals surface area (Å²) >= 11 is 0. The van der Waals surface area contributed by atoms with Crippen molar-refractivity contribution in [1.29, 1.82) is 0 Å². The quantitative estimate of drug-likeness (QED) is 0.562. The summed E-state index contributed by atoms with van der Waals surface area (Å²) in [4.78, 5) is 10.8. The zero-order chi connectivity index (χ0) is 8.10. The molecule has 0 amide bonds. The van der Waals surface area contributed by atoms with E-state index in [1.165, 1.54) is 7.11 Å². The Morgan fingerprint density at radius 1 is 1.73 bits per heavy atom. The van der Waals surface area contributed by atoms with Crippen molar-refractivity contribution in [2.45, 2.75) is 19.3 Å².